The predicted molar refractivity (Wildman–Crippen MR) is 78.2 cm³/mol. The lowest BCUT2D eigenvalue weighted by atomic mass is 10.1. The monoisotopic (exact) mass is 288 g/mol. The van der Waals surface area contributed by atoms with Gasteiger partial charge in [0.25, 0.3) is 5.91 Å². The summed E-state index contributed by atoms with van der Waals surface area (Å²) in [7, 11) is 1.60. The van der Waals surface area contributed by atoms with Crippen molar-refractivity contribution in [1.29, 1.82) is 0 Å². The average molecular weight is 288 g/mol. The van der Waals surface area contributed by atoms with E-state index in [9.17, 15) is 14.3 Å². The normalized spacial score (nSPS) is 10.4. The maximum Gasteiger partial charge on any atom is 0.256 e. The molecule has 4 nitrogen and oxygen atoms in total. The molecule has 2 rings (SSSR count). The van der Waals surface area contributed by atoms with Gasteiger partial charge in [-0.15, -0.1) is 0 Å². The number of halogens is 1. The van der Waals surface area contributed by atoms with Gasteiger partial charge in [-0.05, 0) is 23.3 Å². The zero-order valence-electron chi connectivity index (χ0n) is 11.7. The molecular formula is C16H17FN2O2. The lowest BCUT2D eigenvalue weighted by molar-refractivity contribution is 0.0780. The lowest BCUT2D eigenvalue weighted by Gasteiger charge is -2.19. The Labute approximate surface area is 122 Å². The topological polar surface area (TPSA) is 66.6 Å². The number of benzene rings is 2. The van der Waals surface area contributed by atoms with Gasteiger partial charge in [-0.3, -0.25) is 4.79 Å². The van der Waals surface area contributed by atoms with E-state index in [0.717, 1.165) is 17.2 Å². The van der Waals surface area contributed by atoms with E-state index in [-0.39, 0.29) is 11.3 Å². The van der Waals surface area contributed by atoms with E-state index in [0.29, 0.717) is 13.1 Å². The van der Waals surface area contributed by atoms with Crippen LogP contribution >= 0.6 is 0 Å². The number of carbonyl (C=O) groups excluding carboxylic acids is 1. The van der Waals surface area contributed by atoms with Crippen LogP contribution in [0.3, 0.4) is 0 Å². The summed E-state index contributed by atoms with van der Waals surface area (Å²) in [5.41, 5.74) is 7.47. The van der Waals surface area contributed by atoms with Gasteiger partial charge in [0.1, 0.15) is 11.6 Å². The molecule has 3 N–H and O–H groups in total. The predicted octanol–water partition coefficient (Wildman–Crippen LogP) is 2.26. The minimum absolute atomic E-state index is 0.0690. The van der Waals surface area contributed by atoms with E-state index in [4.69, 9.17) is 5.73 Å². The molecule has 2 aromatic carbocycles. The van der Waals surface area contributed by atoms with Crippen LogP contribution in [-0.4, -0.2) is 23.0 Å². The van der Waals surface area contributed by atoms with E-state index in [1.807, 2.05) is 24.3 Å². The van der Waals surface area contributed by atoms with E-state index in [2.05, 4.69) is 0 Å². The van der Waals surface area contributed by atoms with E-state index in [1.165, 1.54) is 17.0 Å². The first-order valence-electron chi connectivity index (χ1n) is 6.53. The van der Waals surface area contributed by atoms with Crippen molar-refractivity contribution in [2.45, 2.75) is 13.1 Å². The third-order valence-corrected chi connectivity index (χ3v) is 3.28. The molecule has 0 saturated heterocycles. The quantitative estimate of drug-likeness (QED) is 0.907. The molecule has 5 heteroatoms. The molecule has 0 saturated carbocycles. The first kappa shape index (κ1) is 15.0. The molecule has 0 radical (unpaired) electrons. The van der Waals surface area contributed by atoms with Crippen LogP contribution in [0.5, 0.6) is 5.75 Å². The number of nitrogens with zero attached hydrogens (tertiary/aromatic N) is 1. The van der Waals surface area contributed by atoms with Crippen LogP contribution < -0.4 is 5.73 Å². The summed E-state index contributed by atoms with van der Waals surface area (Å²) in [6, 6.07) is 11.0. The van der Waals surface area contributed by atoms with Gasteiger partial charge in [0, 0.05) is 26.2 Å². The third-order valence-electron chi connectivity index (χ3n) is 3.28. The maximum atomic E-state index is 13.7. The molecule has 0 heterocycles. The maximum absolute atomic E-state index is 13.7. The van der Waals surface area contributed by atoms with Crippen LogP contribution in [0.15, 0.2) is 42.5 Å². The highest BCUT2D eigenvalue weighted by Crippen LogP contribution is 2.18. The summed E-state index contributed by atoms with van der Waals surface area (Å²) in [6.07, 6.45) is 0. The van der Waals surface area contributed by atoms with Crippen molar-refractivity contribution in [3.63, 3.8) is 0 Å². The fourth-order valence-electron chi connectivity index (χ4n) is 2.12. The Bertz CT molecular complexity index is 658. The van der Waals surface area contributed by atoms with Gasteiger partial charge >= 0.3 is 0 Å². The summed E-state index contributed by atoms with van der Waals surface area (Å²) in [4.78, 5) is 13.7. The molecule has 0 spiro atoms. The number of nitrogens with two attached hydrogens (primary N) is 1. The fourth-order valence-corrected chi connectivity index (χ4v) is 2.12. The Kier molecular flexibility index (Phi) is 4.55. The molecule has 0 bridgehead atoms. The molecule has 110 valence electrons. The molecule has 21 heavy (non-hydrogen) atoms. The summed E-state index contributed by atoms with van der Waals surface area (Å²) < 4.78 is 13.7. The molecule has 0 aliphatic rings. The van der Waals surface area contributed by atoms with Crippen molar-refractivity contribution in [2.75, 3.05) is 7.05 Å². The highest BCUT2D eigenvalue weighted by molar-refractivity contribution is 5.94. The summed E-state index contributed by atoms with van der Waals surface area (Å²) in [5.74, 6) is -1.39. The highest BCUT2D eigenvalue weighted by atomic mass is 19.1. The second kappa shape index (κ2) is 6.37. The van der Waals surface area contributed by atoms with Gasteiger partial charge in [0.2, 0.25) is 0 Å². The summed E-state index contributed by atoms with van der Waals surface area (Å²) in [5, 5.41) is 9.18. The molecule has 1 amide bonds. The Balaban J connectivity index is 2.19. The van der Waals surface area contributed by atoms with Gasteiger partial charge in [0.15, 0.2) is 0 Å². The minimum Gasteiger partial charge on any atom is -0.508 e. The fraction of sp³-hybridized carbons (Fsp3) is 0.188. The second-order valence-electron chi connectivity index (χ2n) is 4.80. The lowest BCUT2D eigenvalue weighted by Crippen LogP contribution is -2.27. The molecular weight excluding hydrogens is 271 g/mol. The van der Waals surface area contributed by atoms with Gasteiger partial charge in [-0.1, -0.05) is 24.3 Å². The number of rotatable bonds is 4. The van der Waals surface area contributed by atoms with Crippen molar-refractivity contribution in [1.82, 2.24) is 4.90 Å². The van der Waals surface area contributed by atoms with Crippen LogP contribution in [-0.2, 0) is 13.1 Å². The minimum atomic E-state index is -0.737. The summed E-state index contributed by atoms with van der Waals surface area (Å²) in [6.45, 7) is 0.721. The molecule has 0 fully saturated rings. The molecule has 0 aromatic heterocycles. The van der Waals surface area contributed by atoms with E-state index < -0.39 is 11.7 Å². The first-order valence-corrected chi connectivity index (χ1v) is 6.53. The van der Waals surface area contributed by atoms with Gasteiger partial charge in [-0.25, -0.2) is 4.39 Å². The van der Waals surface area contributed by atoms with Crippen molar-refractivity contribution in [2.24, 2.45) is 5.73 Å². The number of hydrogen-bond acceptors (Lipinski definition) is 3. The van der Waals surface area contributed by atoms with Crippen molar-refractivity contribution in [3.8, 4) is 5.75 Å². The van der Waals surface area contributed by atoms with E-state index in [1.54, 1.807) is 7.05 Å². The van der Waals surface area contributed by atoms with Crippen LogP contribution in [0.2, 0.25) is 0 Å². The zero-order valence-corrected chi connectivity index (χ0v) is 11.7. The summed E-state index contributed by atoms with van der Waals surface area (Å²) >= 11 is 0. The van der Waals surface area contributed by atoms with E-state index >= 15 is 0 Å². The smallest absolute Gasteiger partial charge is 0.256 e. The van der Waals surface area contributed by atoms with Crippen molar-refractivity contribution < 1.29 is 14.3 Å². The molecule has 0 atom stereocenters. The average Bonchev–Trinajstić information content (AvgIpc) is 2.47. The van der Waals surface area contributed by atoms with Gasteiger partial charge in [0.05, 0.1) is 5.56 Å². The van der Waals surface area contributed by atoms with Crippen molar-refractivity contribution in [3.05, 3.63) is 65.0 Å². The van der Waals surface area contributed by atoms with Gasteiger partial charge < -0.3 is 15.7 Å². The largest absolute Gasteiger partial charge is 0.508 e. The number of phenols is 1. The van der Waals surface area contributed by atoms with Crippen LogP contribution in [0.4, 0.5) is 4.39 Å². The molecule has 0 unspecified atom stereocenters. The first-order chi connectivity index (χ1) is 10.0. The Morgan fingerprint density at radius 3 is 2.52 bits per heavy atom. The molecule has 0 aliphatic carbocycles. The third kappa shape index (κ3) is 3.38. The SMILES string of the molecule is CN(Cc1ccccc1CN)C(=O)c1ccc(O)cc1F. The van der Waals surface area contributed by atoms with Crippen molar-refractivity contribution >= 4 is 5.91 Å². The van der Waals surface area contributed by atoms with Gasteiger partial charge in [-0.2, -0.15) is 0 Å². The number of amides is 1. The molecule has 2 aromatic rings. The second-order valence-corrected chi connectivity index (χ2v) is 4.80. The van der Waals surface area contributed by atoms with Crippen LogP contribution in [0.25, 0.3) is 0 Å². The molecule has 0 aliphatic heterocycles. The van der Waals surface area contributed by atoms with Crippen LogP contribution in [0.1, 0.15) is 21.5 Å². The number of phenolic OH excluding ortho intramolecular Hbond substituents is 1. The number of aromatic hydroxyl groups is 1. The number of carbonyl (C=O) groups is 1. The highest BCUT2D eigenvalue weighted by Gasteiger charge is 2.17. The Morgan fingerprint density at radius 2 is 1.90 bits per heavy atom. The standard InChI is InChI=1S/C16H17FN2O2/c1-19(10-12-5-3-2-4-11(12)9-18)16(21)14-7-6-13(20)8-15(14)17/h2-8,20H,9-10,18H2,1H3. The van der Waals surface area contributed by atoms with Crippen LogP contribution in [0, 0.1) is 5.82 Å². The Hall–Kier alpha value is -2.40. The number of hydrogen-bond donors (Lipinski definition) is 2. The zero-order chi connectivity index (χ0) is 15.4. The Morgan fingerprint density at radius 1 is 1.24 bits per heavy atom.